The number of hydrogen-bond donors (Lipinski definition) is 1. The molecule has 6 heteroatoms. The smallest absolute Gasteiger partial charge is 0.275 e. The van der Waals surface area contributed by atoms with Gasteiger partial charge in [0.1, 0.15) is 5.75 Å². The molecule has 2 aliphatic rings. The molecule has 1 unspecified atom stereocenters. The summed E-state index contributed by atoms with van der Waals surface area (Å²) in [5.74, 6) is 0.881. The standard InChI is InChI=1S/C26H30N4O2/c1-17-15-19(18-10-12-20(32-2)13-11-18)16-23(27-17)24-9-6-14-30(24)26(31)25-21-7-4-3-5-8-22(21)28-29-25/h10-13,15-16,24H,3-9,14H2,1-2H3,(H,28,29). The SMILES string of the molecule is COc1ccc(-c2cc(C)nc(C3CCCN3C(=O)c3n[nH]c4c3CCCCC4)c2)cc1. The fourth-order valence-electron chi connectivity index (χ4n) is 5.10. The molecular weight excluding hydrogens is 400 g/mol. The van der Waals surface area contributed by atoms with Gasteiger partial charge in [0.2, 0.25) is 0 Å². The molecule has 5 rings (SSSR count). The van der Waals surface area contributed by atoms with Crippen molar-refractivity contribution in [1.29, 1.82) is 0 Å². The minimum Gasteiger partial charge on any atom is -0.497 e. The van der Waals surface area contributed by atoms with E-state index >= 15 is 0 Å². The Balaban J connectivity index is 1.45. The first-order valence-corrected chi connectivity index (χ1v) is 11.6. The fraction of sp³-hybridized carbons (Fsp3) is 0.423. The van der Waals surface area contributed by atoms with Gasteiger partial charge >= 0.3 is 0 Å². The molecule has 1 fully saturated rings. The Bertz CT molecular complexity index is 1120. The minimum absolute atomic E-state index is 0.0162. The average molecular weight is 431 g/mol. The van der Waals surface area contributed by atoms with Crippen molar-refractivity contribution in [2.24, 2.45) is 0 Å². The number of likely N-dealkylation sites (tertiary alicyclic amines) is 1. The highest BCUT2D eigenvalue weighted by atomic mass is 16.5. The Kier molecular flexibility index (Phi) is 5.68. The monoisotopic (exact) mass is 430 g/mol. The number of carbonyl (C=O) groups excluding carboxylic acids is 1. The van der Waals surface area contributed by atoms with Crippen LogP contribution in [0.4, 0.5) is 0 Å². The van der Waals surface area contributed by atoms with Crippen molar-refractivity contribution in [3.63, 3.8) is 0 Å². The van der Waals surface area contributed by atoms with E-state index in [-0.39, 0.29) is 11.9 Å². The van der Waals surface area contributed by atoms with E-state index in [9.17, 15) is 4.79 Å². The lowest BCUT2D eigenvalue weighted by molar-refractivity contribution is 0.0725. The number of aromatic amines is 1. The van der Waals surface area contributed by atoms with Crippen molar-refractivity contribution in [2.45, 2.75) is 57.9 Å². The van der Waals surface area contributed by atoms with Crippen LogP contribution in [0, 0.1) is 6.92 Å². The number of hydrogen-bond acceptors (Lipinski definition) is 4. The number of nitrogens with one attached hydrogen (secondary N) is 1. The van der Waals surface area contributed by atoms with Crippen molar-refractivity contribution in [2.75, 3.05) is 13.7 Å². The number of pyridine rings is 1. The van der Waals surface area contributed by atoms with Crippen molar-refractivity contribution in [1.82, 2.24) is 20.1 Å². The van der Waals surface area contributed by atoms with E-state index < -0.39 is 0 Å². The largest absolute Gasteiger partial charge is 0.497 e. The van der Waals surface area contributed by atoms with E-state index in [0.29, 0.717) is 5.69 Å². The van der Waals surface area contributed by atoms with Gasteiger partial charge in [-0.25, -0.2) is 0 Å². The summed E-state index contributed by atoms with van der Waals surface area (Å²) < 4.78 is 5.29. The summed E-state index contributed by atoms with van der Waals surface area (Å²) in [4.78, 5) is 20.4. The number of carbonyl (C=O) groups is 1. The molecule has 3 heterocycles. The summed E-state index contributed by atoms with van der Waals surface area (Å²) >= 11 is 0. The molecule has 166 valence electrons. The number of ether oxygens (including phenoxy) is 1. The number of aromatic nitrogens is 3. The summed E-state index contributed by atoms with van der Waals surface area (Å²) in [5, 5.41) is 7.61. The summed E-state index contributed by atoms with van der Waals surface area (Å²) in [6.45, 7) is 2.77. The van der Waals surface area contributed by atoms with Crippen LogP contribution in [0.5, 0.6) is 5.75 Å². The van der Waals surface area contributed by atoms with E-state index in [1.807, 2.05) is 24.0 Å². The Labute approximate surface area is 189 Å². The van der Waals surface area contributed by atoms with Gasteiger partial charge in [0.05, 0.1) is 18.8 Å². The number of methoxy groups -OCH3 is 1. The molecule has 1 amide bonds. The quantitative estimate of drug-likeness (QED) is 0.589. The van der Waals surface area contributed by atoms with Crippen LogP contribution in [0.25, 0.3) is 11.1 Å². The topological polar surface area (TPSA) is 71.1 Å². The number of nitrogens with zero attached hydrogens (tertiary/aromatic N) is 3. The van der Waals surface area contributed by atoms with Gasteiger partial charge < -0.3 is 9.64 Å². The van der Waals surface area contributed by atoms with Gasteiger partial charge in [0.25, 0.3) is 5.91 Å². The third kappa shape index (κ3) is 3.90. The van der Waals surface area contributed by atoms with Gasteiger partial charge in [-0.05, 0) is 80.8 Å². The van der Waals surface area contributed by atoms with E-state index in [1.54, 1.807) is 7.11 Å². The maximum Gasteiger partial charge on any atom is 0.275 e. The Morgan fingerprint density at radius 1 is 1.06 bits per heavy atom. The zero-order chi connectivity index (χ0) is 22.1. The first kappa shape index (κ1) is 20.7. The molecule has 0 spiro atoms. The van der Waals surface area contributed by atoms with Crippen LogP contribution in [-0.4, -0.2) is 39.6 Å². The van der Waals surface area contributed by atoms with Gasteiger partial charge in [-0.15, -0.1) is 0 Å². The molecule has 1 atom stereocenters. The molecule has 1 saturated heterocycles. The summed E-state index contributed by atoms with van der Waals surface area (Å²) in [7, 11) is 1.67. The van der Waals surface area contributed by atoms with Gasteiger partial charge in [-0.3, -0.25) is 14.9 Å². The third-order valence-electron chi connectivity index (χ3n) is 6.76. The summed E-state index contributed by atoms with van der Waals surface area (Å²) in [6.07, 6.45) is 7.34. The van der Waals surface area contributed by atoms with Crippen LogP contribution in [-0.2, 0) is 12.8 Å². The number of fused-ring (bicyclic) bond motifs is 1. The van der Waals surface area contributed by atoms with Crippen molar-refractivity contribution in [3.8, 4) is 16.9 Å². The Hall–Kier alpha value is -3.15. The number of benzene rings is 1. The molecule has 0 saturated carbocycles. The molecule has 32 heavy (non-hydrogen) atoms. The summed E-state index contributed by atoms with van der Waals surface area (Å²) in [6, 6.07) is 12.3. The molecule has 2 aromatic heterocycles. The predicted octanol–water partition coefficient (Wildman–Crippen LogP) is 5.03. The third-order valence-corrected chi connectivity index (χ3v) is 6.76. The van der Waals surface area contributed by atoms with Gasteiger partial charge in [0.15, 0.2) is 5.69 Å². The molecular formula is C26H30N4O2. The fourth-order valence-corrected chi connectivity index (χ4v) is 5.10. The van der Waals surface area contributed by atoms with E-state index in [0.717, 1.165) is 84.6 Å². The summed E-state index contributed by atoms with van der Waals surface area (Å²) in [5.41, 5.74) is 7.06. The Morgan fingerprint density at radius 2 is 1.88 bits per heavy atom. The highest BCUT2D eigenvalue weighted by Gasteiger charge is 2.34. The van der Waals surface area contributed by atoms with Crippen molar-refractivity contribution < 1.29 is 9.53 Å². The maximum absolute atomic E-state index is 13.6. The van der Waals surface area contributed by atoms with Crippen molar-refractivity contribution in [3.05, 3.63) is 64.7 Å². The van der Waals surface area contributed by atoms with Crippen LogP contribution in [0.1, 0.15) is 71.3 Å². The second-order valence-corrected chi connectivity index (χ2v) is 8.90. The van der Waals surface area contributed by atoms with E-state index in [1.165, 1.54) is 6.42 Å². The second kappa shape index (κ2) is 8.77. The first-order chi connectivity index (χ1) is 15.6. The lowest BCUT2D eigenvalue weighted by atomic mass is 10.0. The zero-order valence-electron chi connectivity index (χ0n) is 18.9. The van der Waals surface area contributed by atoms with Crippen LogP contribution in [0.2, 0.25) is 0 Å². The molecule has 0 bridgehead atoms. The number of amides is 1. The molecule has 6 nitrogen and oxygen atoms in total. The van der Waals surface area contributed by atoms with Crippen LogP contribution >= 0.6 is 0 Å². The second-order valence-electron chi connectivity index (χ2n) is 8.90. The number of aryl methyl sites for hydroxylation is 2. The number of rotatable bonds is 4. The normalized spacial score (nSPS) is 18.3. The predicted molar refractivity (Wildman–Crippen MR) is 124 cm³/mol. The van der Waals surface area contributed by atoms with Crippen LogP contribution in [0.15, 0.2) is 36.4 Å². The molecule has 1 aliphatic carbocycles. The average Bonchev–Trinajstić information content (AvgIpc) is 3.40. The Morgan fingerprint density at radius 3 is 2.69 bits per heavy atom. The molecule has 1 aromatic carbocycles. The highest BCUT2D eigenvalue weighted by Crippen LogP contribution is 2.35. The van der Waals surface area contributed by atoms with Crippen molar-refractivity contribution >= 4 is 5.91 Å². The highest BCUT2D eigenvalue weighted by molar-refractivity contribution is 5.94. The minimum atomic E-state index is -0.0162. The molecule has 1 N–H and O–H groups in total. The number of H-pyrrole nitrogens is 1. The molecule has 0 radical (unpaired) electrons. The van der Waals surface area contributed by atoms with Gasteiger partial charge in [-0.2, -0.15) is 5.10 Å². The lowest BCUT2D eigenvalue weighted by Gasteiger charge is -2.25. The zero-order valence-corrected chi connectivity index (χ0v) is 18.9. The molecule has 3 aromatic rings. The van der Waals surface area contributed by atoms with Gasteiger partial charge in [0, 0.05) is 23.5 Å². The maximum atomic E-state index is 13.6. The van der Waals surface area contributed by atoms with Gasteiger partial charge in [-0.1, -0.05) is 18.6 Å². The van der Waals surface area contributed by atoms with Crippen LogP contribution in [0.3, 0.4) is 0 Å². The molecule has 1 aliphatic heterocycles. The lowest BCUT2D eigenvalue weighted by Crippen LogP contribution is -2.32. The first-order valence-electron chi connectivity index (χ1n) is 11.6. The van der Waals surface area contributed by atoms with Crippen LogP contribution < -0.4 is 4.74 Å². The van der Waals surface area contributed by atoms with E-state index in [4.69, 9.17) is 9.72 Å². The van der Waals surface area contributed by atoms with E-state index in [2.05, 4.69) is 34.5 Å².